The van der Waals surface area contributed by atoms with Crippen LogP contribution in [0.15, 0.2) is 54.6 Å². The first-order chi connectivity index (χ1) is 13.5. The molecule has 5 nitrogen and oxygen atoms in total. The van der Waals surface area contributed by atoms with E-state index in [1.54, 1.807) is 18.2 Å². The second-order valence-electron chi connectivity index (χ2n) is 6.82. The topological polar surface area (TPSA) is 61.4 Å². The summed E-state index contributed by atoms with van der Waals surface area (Å²) in [5, 5.41) is 6.05. The van der Waals surface area contributed by atoms with Gasteiger partial charge in [-0.15, -0.1) is 0 Å². The lowest BCUT2D eigenvalue weighted by Crippen LogP contribution is -2.41. The fourth-order valence-corrected chi connectivity index (χ4v) is 3.32. The molecule has 0 aliphatic carbocycles. The molecule has 0 saturated heterocycles. The molecule has 146 valence electrons. The molecular weight excluding hydrogens is 374 g/mol. The minimum Gasteiger partial charge on any atom is -0.346 e. The molecule has 6 heteroatoms. The minimum absolute atomic E-state index is 0.0657. The molecular formula is C22H24ClN3O2. The molecule has 0 saturated carbocycles. The summed E-state index contributed by atoms with van der Waals surface area (Å²) < 4.78 is 0. The van der Waals surface area contributed by atoms with Crippen LogP contribution < -0.4 is 10.6 Å². The summed E-state index contributed by atoms with van der Waals surface area (Å²) in [6.45, 7) is 3.60. The van der Waals surface area contributed by atoms with Gasteiger partial charge in [-0.3, -0.25) is 14.5 Å². The zero-order chi connectivity index (χ0) is 19.9. The van der Waals surface area contributed by atoms with Crippen molar-refractivity contribution in [1.29, 1.82) is 0 Å². The Hall–Kier alpha value is -2.63. The second kappa shape index (κ2) is 9.53. The fraction of sp³-hybridized carbons (Fsp3) is 0.273. The molecule has 1 aliphatic rings. The van der Waals surface area contributed by atoms with Crippen molar-refractivity contribution in [2.75, 3.05) is 31.5 Å². The van der Waals surface area contributed by atoms with Crippen molar-refractivity contribution in [2.24, 2.45) is 0 Å². The molecule has 2 amide bonds. The first-order valence-corrected chi connectivity index (χ1v) is 9.69. The number of nitrogens with zero attached hydrogens (tertiary/aromatic N) is 1. The van der Waals surface area contributed by atoms with Crippen molar-refractivity contribution >= 4 is 34.7 Å². The summed E-state index contributed by atoms with van der Waals surface area (Å²) in [7, 11) is 0. The second-order valence-corrected chi connectivity index (χ2v) is 7.23. The van der Waals surface area contributed by atoms with Gasteiger partial charge in [-0.2, -0.15) is 0 Å². The Morgan fingerprint density at radius 3 is 2.57 bits per heavy atom. The van der Waals surface area contributed by atoms with Gasteiger partial charge >= 0.3 is 0 Å². The molecule has 2 N–H and O–H groups in total. The molecule has 0 atom stereocenters. The van der Waals surface area contributed by atoms with Gasteiger partial charge in [0.25, 0.3) is 0 Å². The van der Waals surface area contributed by atoms with E-state index in [1.807, 2.05) is 25.1 Å². The molecule has 0 bridgehead atoms. The summed E-state index contributed by atoms with van der Waals surface area (Å²) in [6.07, 6.45) is 3.08. The van der Waals surface area contributed by atoms with Gasteiger partial charge in [0.15, 0.2) is 0 Å². The van der Waals surface area contributed by atoms with Crippen molar-refractivity contribution < 1.29 is 9.59 Å². The Labute approximate surface area is 170 Å². The van der Waals surface area contributed by atoms with E-state index in [-0.39, 0.29) is 24.9 Å². The summed E-state index contributed by atoms with van der Waals surface area (Å²) in [4.78, 5) is 26.3. The maximum Gasteiger partial charge on any atom is 0.243 e. The highest BCUT2D eigenvalue weighted by Crippen LogP contribution is 2.23. The normalized spacial score (nSPS) is 14.3. The monoisotopic (exact) mass is 397 g/mol. The van der Waals surface area contributed by atoms with Gasteiger partial charge in [-0.05, 0) is 42.2 Å². The van der Waals surface area contributed by atoms with Crippen LogP contribution in [-0.4, -0.2) is 42.9 Å². The van der Waals surface area contributed by atoms with Gasteiger partial charge in [-0.25, -0.2) is 0 Å². The van der Waals surface area contributed by atoms with E-state index in [9.17, 15) is 9.59 Å². The number of halogens is 1. The summed E-state index contributed by atoms with van der Waals surface area (Å²) in [6, 6.07) is 15.6. The Bertz CT molecular complexity index is 881. The lowest BCUT2D eigenvalue weighted by Gasteiger charge is -2.25. The number of anilines is 1. The lowest BCUT2D eigenvalue weighted by atomic mass is 10.00. The van der Waals surface area contributed by atoms with Crippen LogP contribution >= 0.6 is 11.6 Å². The van der Waals surface area contributed by atoms with E-state index < -0.39 is 0 Å². The molecule has 0 radical (unpaired) electrons. The van der Waals surface area contributed by atoms with Crippen molar-refractivity contribution in [3.8, 4) is 0 Å². The third-order valence-electron chi connectivity index (χ3n) is 4.79. The predicted octanol–water partition coefficient (Wildman–Crippen LogP) is 3.49. The van der Waals surface area contributed by atoms with E-state index in [0.29, 0.717) is 10.7 Å². The quantitative estimate of drug-likeness (QED) is 0.784. The highest BCUT2D eigenvalue weighted by molar-refractivity contribution is 6.31. The predicted molar refractivity (Wildman–Crippen MR) is 113 cm³/mol. The van der Waals surface area contributed by atoms with E-state index in [0.717, 1.165) is 25.1 Å². The zero-order valence-electron chi connectivity index (χ0n) is 15.9. The van der Waals surface area contributed by atoms with Crippen molar-refractivity contribution in [3.05, 3.63) is 70.8 Å². The maximum absolute atomic E-state index is 12.2. The van der Waals surface area contributed by atoms with Crippen molar-refractivity contribution in [2.45, 2.75) is 13.3 Å². The van der Waals surface area contributed by atoms with E-state index >= 15 is 0 Å². The van der Waals surface area contributed by atoms with Crippen LogP contribution in [0, 0.1) is 6.92 Å². The zero-order valence-corrected chi connectivity index (χ0v) is 16.6. The van der Waals surface area contributed by atoms with Crippen molar-refractivity contribution in [1.82, 2.24) is 10.2 Å². The van der Waals surface area contributed by atoms with Gasteiger partial charge in [0.05, 0.1) is 13.1 Å². The molecule has 2 aromatic carbocycles. The number of benzene rings is 2. The van der Waals surface area contributed by atoms with Crippen LogP contribution in [0.4, 0.5) is 5.69 Å². The van der Waals surface area contributed by atoms with Crippen LogP contribution in [0.5, 0.6) is 0 Å². The fourth-order valence-electron chi connectivity index (χ4n) is 3.14. The number of nitrogens with one attached hydrogen (secondary N) is 2. The number of hydrogen-bond donors (Lipinski definition) is 2. The third kappa shape index (κ3) is 5.44. The SMILES string of the molecule is Cc1c(Cl)cccc1NC(=O)CNC(=O)CN1CC=C(c2ccccc2)CC1. The first kappa shape index (κ1) is 20.1. The number of amides is 2. The Morgan fingerprint density at radius 2 is 1.86 bits per heavy atom. The third-order valence-corrected chi connectivity index (χ3v) is 5.20. The van der Waals surface area contributed by atoms with E-state index in [2.05, 4.69) is 33.7 Å². The van der Waals surface area contributed by atoms with Gasteiger partial charge in [-0.1, -0.05) is 54.1 Å². The van der Waals surface area contributed by atoms with Crippen molar-refractivity contribution in [3.63, 3.8) is 0 Å². The molecule has 1 heterocycles. The standard InChI is InChI=1S/C22H24ClN3O2/c1-16-19(23)8-5-9-20(16)25-21(27)14-24-22(28)15-26-12-10-18(11-13-26)17-6-3-2-4-7-17/h2-10H,11-15H2,1H3,(H,24,28)(H,25,27). The van der Waals surface area contributed by atoms with Gasteiger partial charge in [0.1, 0.15) is 0 Å². The number of rotatable bonds is 6. The van der Waals surface area contributed by atoms with E-state index in [4.69, 9.17) is 11.6 Å². The van der Waals surface area contributed by atoms with E-state index in [1.165, 1.54) is 11.1 Å². The summed E-state index contributed by atoms with van der Waals surface area (Å²) >= 11 is 6.05. The van der Waals surface area contributed by atoms with Gasteiger partial charge < -0.3 is 10.6 Å². The largest absolute Gasteiger partial charge is 0.346 e. The summed E-state index contributed by atoms with van der Waals surface area (Å²) in [5.41, 5.74) is 4.01. The number of carbonyl (C=O) groups is 2. The average molecular weight is 398 g/mol. The highest BCUT2D eigenvalue weighted by Gasteiger charge is 2.16. The lowest BCUT2D eigenvalue weighted by molar-refractivity contribution is -0.125. The number of hydrogen-bond acceptors (Lipinski definition) is 3. The van der Waals surface area contributed by atoms with Crippen LogP contribution in [0.1, 0.15) is 17.5 Å². The molecule has 3 rings (SSSR count). The average Bonchev–Trinajstić information content (AvgIpc) is 2.71. The maximum atomic E-state index is 12.2. The molecule has 2 aromatic rings. The number of carbonyl (C=O) groups excluding carboxylic acids is 2. The summed E-state index contributed by atoms with van der Waals surface area (Å²) in [5.74, 6) is -0.432. The van der Waals surface area contributed by atoms with Crippen LogP contribution in [0.2, 0.25) is 5.02 Å². The molecule has 0 aromatic heterocycles. The molecule has 28 heavy (non-hydrogen) atoms. The molecule has 0 fully saturated rings. The van der Waals surface area contributed by atoms with Gasteiger partial charge in [0, 0.05) is 23.8 Å². The highest BCUT2D eigenvalue weighted by atomic mass is 35.5. The Balaban J connectivity index is 1.43. The van der Waals surface area contributed by atoms with Gasteiger partial charge in [0.2, 0.25) is 11.8 Å². The minimum atomic E-state index is -0.274. The van der Waals surface area contributed by atoms with Crippen LogP contribution in [0.25, 0.3) is 5.57 Å². The smallest absolute Gasteiger partial charge is 0.243 e. The molecule has 1 aliphatic heterocycles. The first-order valence-electron chi connectivity index (χ1n) is 9.31. The Kier molecular flexibility index (Phi) is 6.85. The molecule has 0 unspecified atom stereocenters. The van der Waals surface area contributed by atoms with Crippen LogP contribution in [0.3, 0.4) is 0 Å². The Morgan fingerprint density at radius 1 is 1.07 bits per heavy atom. The van der Waals surface area contributed by atoms with Crippen LogP contribution in [-0.2, 0) is 9.59 Å². The molecule has 0 spiro atoms.